The second-order valence-corrected chi connectivity index (χ2v) is 7.02. The number of non-ortho nitro benzene ring substituents is 1. The van der Waals surface area contributed by atoms with Gasteiger partial charge in [0.15, 0.2) is 0 Å². The zero-order chi connectivity index (χ0) is 19.3. The van der Waals surface area contributed by atoms with Gasteiger partial charge >= 0.3 is 0 Å². The summed E-state index contributed by atoms with van der Waals surface area (Å²) in [6, 6.07) is 7.92. The van der Waals surface area contributed by atoms with Gasteiger partial charge in [0, 0.05) is 28.0 Å². The maximum Gasteiger partial charge on any atom is 0.270 e. The van der Waals surface area contributed by atoms with Crippen molar-refractivity contribution in [3.05, 3.63) is 61.1 Å². The Morgan fingerprint density at radius 1 is 1.27 bits per heavy atom. The molecular formula is C18H18BrClN2O4. The number of ether oxygens (including phenoxy) is 1. The Morgan fingerprint density at radius 3 is 2.50 bits per heavy atom. The van der Waals surface area contributed by atoms with Gasteiger partial charge in [0.05, 0.1) is 17.2 Å². The Hall–Kier alpha value is -2.12. The zero-order valence-corrected chi connectivity index (χ0v) is 16.7. The van der Waals surface area contributed by atoms with Gasteiger partial charge in [0.1, 0.15) is 5.75 Å². The summed E-state index contributed by atoms with van der Waals surface area (Å²) < 4.78 is 6.13. The minimum absolute atomic E-state index is 0.0446. The van der Waals surface area contributed by atoms with Crippen molar-refractivity contribution in [2.45, 2.75) is 26.7 Å². The number of nitro groups is 1. The van der Waals surface area contributed by atoms with Crippen LogP contribution in [0.1, 0.15) is 24.0 Å². The van der Waals surface area contributed by atoms with E-state index in [2.05, 4.69) is 21.2 Å². The first-order chi connectivity index (χ1) is 12.3. The molecule has 138 valence electrons. The molecular weight excluding hydrogens is 424 g/mol. The minimum Gasteiger partial charge on any atom is -0.494 e. The van der Waals surface area contributed by atoms with Crippen LogP contribution in [0.25, 0.3) is 0 Å². The first-order valence-corrected chi connectivity index (χ1v) is 9.08. The van der Waals surface area contributed by atoms with Gasteiger partial charge in [0.2, 0.25) is 5.91 Å². The first-order valence-electron chi connectivity index (χ1n) is 7.91. The molecule has 0 aliphatic carbocycles. The lowest BCUT2D eigenvalue weighted by atomic mass is 10.1. The summed E-state index contributed by atoms with van der Waals surface area (Å²) >= 11 is 9.34. The van der Waals surface area contributed by atoms with E-state index in [1.165, 1.54) is 18.2 Å². The molecule has 0 radical (unpaired) electrons. The van der Waals surface area contributed by atoms with E-state index in [0.717, 1.165) is 21.9 Å². The Balaban J connectivity index is 1.81. The van der Waals surface area contributed by atoms with E-state index >= 15 is 0 Å². The summed E-state index contributed by atoms with van der Waals surface area (Å²) in [4.78, 5) is 22.2. The second kappa shape index (κ2) is 9.00. The molecule has 0 saturated heterocycles. The second-order valence-electron chi connectivity index (χ2n) is 5.79. The third-order valence-electron chi connectivity index (χ3n) is 3.66. The van der Waals surface area contributed by atoms with Crippen LogP contribution in [0.2, 0.25) is 5.02 Å². The summed E-state index contributed by atoms with van der Waals surface area (Å²) in [5, 5.41) is 14.2. The predicted molar refractivity (Wildman–Crippen MR) is 105 cm³/mol. The van der Waals surface area contributed by atoms with Gasteiger partial charge in [-0.2, -0.15) is 0 Å². The van der Waals surface area contributed by atoms with E-state index in [4.69, 9.17) is 16.3 Å². The molecule has 2 aromatic rings. The fourth-order valence-electron chi connectivity index (χ4n) is 2.34. The van der Waals surface area contributed by atoms with E-state index in [1.807, 2.05) is 26.0 Å². The Morgan fingerprint density at radius 2 is 1.92 bits per heavy atom. The van der Waals surface area contributed by atoms with Gasteiger partial charge in [0.25, 0.3) is 5.69 Å². The maximum atomic E-state index is 12.0. The van der Waals surface area contributed by atoms with E-state index in [-0.39, 0.29) is 18.0 Å². The summed E-state index contributed by atoms with van der Waals surface area (Å²) in [6.45, 7) is 4.23. The molecule has 2 rings (SSSR count). The first kappa shape index (κ1) is 20.2. The largest absolute Gasteiger partial charge is 0.494 e. The van der Waals surface area contributed by atoms with Crippen LogP contribution in [-0.4, -0.2) is 17.4 Å². The fourth-order valence-corrected chi connectivity index (χ4v) is 2.92. The number of hydrogen-bond acceptors (Lipinski definition) is 4. The van der Waals surface area contributed by atoms with Crippen molar-refractivity contribution < 1.29 is 14.5 Å². The van der Waals surface area contributed by atoms with Crippen LogP contribution in [0.4, 0.5) is 11.4 Å². The number of nitrogens with one attached hydrogen (secondary N) is 1. The molecule has 8 heteroatoms. The Labute approximate surface area is 164 Å². The molecule has 26 heavy (non-hydrogen) atoms. The smallest absolute Gasteiger partial charge is 0.270 e. The van der Waals surface area contributed by atoms with Crippen molar-refractivity contribution in [3.63, 3.8) is 0 Å². The highest BCUT2D eigenvalue weighted by Gasteiger charge is 2.11. The number of halogens is 2. The number of nitrogens with zero attached hydrogens (tertiary/aromatic N) is 1. The number of benzene rings is 2. The van der Waals surface area contributed by atoms with Gasteiger partial charge < -0.3 is 10.1 Å². The standard InChI is InChI=1S/C18H18BrClN2O4/c1-11-8-14(9-12(2)18(11)20)26-7-3-4-17(23)21-16-6-5-13(22(24)25)10-15(16)19/h5-6,8-10H,3-4,7H2,1-2H3,(H,21,23). The van der Waals surface area contributed by atoms with Crippen molar-refractivity contribution in [2.24, 2.45) is 0 Å². The van der Waals surface area contributed by atoms with Gasteiger partial charge in [-0.3, -0.25) is 14.9 Å². The lowest BCUT2D eigenvalue weighted by Crippen LogP contribution is -2.13. The third kappa shape index (κ3) is 5.44. The highest BCUT2D eigenvalue weighted by Crippen LogP contribution is 2.28. The predicted octanol–water partition coefficient (Wildman–Crippen LogP) is 5.43. The number of aryl methyl sites for hydroxylation is 2. The van der Waals surface area contributed by atoms with Gasteiger partial charge in [-0.15, -0.1) is 0 Å². The molecule has 0 aliphatic heterocycles. The molecule has 0 spiro atoms. The average Bonchev–Trinajstić information content (AvgIpc) is 2.58. The van der Waals surface area contributed by atoms with Crippen molar-refractivity contribution in [3.8, 4) is 5.75 Å². The van der Waals surface area contributed by atoms with Crippen LogP contribution in [0.5, 0.6) is 5.75 Å². The van der Waals surface area contributed by atoms with Crippen LogP contribution < -0.4 is 10.1 Å². The summed E-state index contributed by atoms with van der Waals surface area (Å²) in [7, 11) is 0. The number of hydrogen-bond donors (Lipinski definition) is 1. The number of rotatable bonds is 7. The molecule has 0 unspecified atom stereocenters. The highest BCUT2D eigenvalue weighted by molar-refractivity contribution is 9.10. The topological polar surface area (TPSA) is 81.5 Å². The Bertz CT molecular complexity index is 819. The van der Waals surface area contributed by atoms with E-state index in [9.17, 15) is 14.9 Å². The molecule has 0 aromatic heterocycles. The summed E-state index contributed by atoms with van der Waals surface area (Å²) in [6.07, 6.45) is 0.812. The number of amides is 1. The molecule has 2 aromatic carbocycles. The van der Waals surface area contributed by atoms with Crippen molar-refractivity contribution >= 4 is 44.8 Å². The normalized spacial score (nSPS) is 10.5. The monoisotopic (exact) mass is 440 g/mol. The van der Waals surface area contributed by atoms with Crippen LogP contribution in [-0.2, 0) is 4.79 Å². The van der Waals surface area contributed by atoms with Crippen molar-refractivity contribution in [1.29, 1.82) is 0 Å². The summed E-state index contributed by atoms with van der Waals surface area (Å²) in [5.74, 6) is 0.537. The zero-order valence-electron chi connectivity index (χ0n) is 14.3. The minimum atomic E-state index is -0.492. The van der Waals surface area contributed by atoms with Crippen LogP contribution >= 0.6 is 27.5 Å². The highest BCUT2D eigenvalue weighted by atomic mass is 79.9. The lowest BCUT2D eigenvalue weighted by Gasteiger charge is -2.10. The molecule has 0 saturated carbocycles. The molecule has 0 aliphatic rings. The van der Waals surface area contributed by atoms with Crippen molar-refractivity contribution in [2.75, 3.05) is 11.9 Å². The van der Waals surface area contributed by atoms with E-state index in [0.29, 0.717) is 23.2 Å². The molecule has 0 fully saturated rings. The summed E-state index contributed by atoms with van der Waals surface area (Å²) in [5.41, 5.74) is 2.34. The molecule has 1 amide bonds. The molecule has 0 bridgehead atoms. The fraction of sp³-hybridized carbons (Fsp3) is 0.278. The average molecular weight is 442 g/mol. The number of anilines is 1. The van der Waals surface area contributed by atoms with Crippen LogP contribution in [0, 0.1) is 24.0 Å². The Kier molecular flexibility index (Phi) is 6.99. The molecule has 6 nitrogen and oxygen atoms in total. The molecule has 0 atom stereocenters. The molecule has 1 N–H and O–H groups in total. The van der Waals surface area contributed by atoms with Crippen LogP contribution in [0.15, 0.2) is 34.8 Å². The maximum absolute atomic E-state index is 12.0. The van der Waals surface area contributed by atoms with Crippen molar-refractivity contribution in [1.82, 2.24) is 0 Å². The SMILES string of the molecule is Cc1cc(OCCCC(=O)Nc2ccc([N+](=O)[O-])cc2Br)cc(C)c1Cl. The van der Waals surface area contributed by atoms with Crippen LogP contribution in [0.3, 0.4) is 0 Å². The van der Waals surface area contributed by atoms with E-state index in [1.54, 1.807) is 0 Å². The van der Waals surface area contributed by atoms with E-state index < -0.39 is 4.92 Å². The van der Waals surface area contributed by atoms with Gasteiger partial charge in [-0.25, -0.2) is 0 Å². The lowest BCUT2D eigenvalue weighted by molar-refractivity contribution is -0.384. The quantitative estimate of drug-likeness (QED) is 0.353. The number of carbonyl (C=O) groups is 1. The van der Waals surface area contributed by atoms with Gasteiger partial charge in [-0.1, -0.05) is 11.6 Å². The van der Waals surface area contributed by atoms with Gasteiger partial charge in [-0.05, 0) is 65.5 Å². The third-order valence-corrected chi connectivity index (χ3v) is 4.92. The number of nitro benzene ring substituents is 1. The molecule has 0 heterocycles. The number of carbonyl (C=O) groups excluding carboxylic acids is 1.